The summed E-state index contributed by atoms with van der Waals surface area (Å²) in [6.07, 6.45) is 3.54. The fourth-order valence-electron chi connectivity index (χ4n) is 4.47. The van der Waals surface area contributed by atoms with Crippen LogP contribution in [-0.4, -0.2) is 60.8 Å². The van der Waals surface area contributed by atoms with Gasteiger partial charge in [-0.1, -0.05) is 6.42 Å². The Morgan fingerprint density at radius 3 is 2.08 bits per heavy atom. The summed E-state index contributed by atoms with van der Waals surface area (Å²) in [6.45, 7) is 1.38. The largest absolute Gasteiger partial charge is 0.478 e. The van der Waals surface area contributed by atoms with E-state index in [-0.39, 0.29) is 35.4 Å². The molecular formula is C18H22N2O5S. The number of piperazine rings is 1. The lowest BCUT2D eigenvalue weighted by Crippen LogP contribution is -2.51. The van der Waals surface area contributed by atoms with Gasteiger partial charge in [0.1, 0.15) is 0 Å². The van der Waals surface area contributed by atoms with Crippen molar-refractivity contribution in [3.63, 3.8) is 0 Å². The van der Waals surface area contributed by atoms with Crippen molar-refractivity contribution in [3.05, 3.63) is 29.8 Å². The first-order valence-corrected chi connectivity index (χ1v) is 10.5. The Kier molecular flexibility index (Phi) is 4.27. The number of hydrogen-bond acceptors (Lipinski definition) is 4. The zero-order valence-electron chi connectivity index (χ0n) is 14.4. The Hall–Kier alpha value is -1.93. The molecule has 3 aliphatic rings. The maximum Gasteiger partial charge on any atom is 0.335 e. The molecule has 1 saturated heterocycles. The maximum absolute atomic E-state index is 12.7. The molecule has 3 fully saturated rings. The number of hydrogen-bond donors (Lipinski definition) is 1. The number of amides is 1. The minimum absolute atomic E-state index is 0.0503. The third kappa shape index (κ3) is 2.91. The summed E-state index contributed by atoms with van der Waals surface area (Å²) in [4.78, 5) is 25.4. The Morgan fingerprint density at radius 1 is 0.962 bits per heavy atom. The molecule has 2 unspecified atom stereocenters. The van der Waals surface area contributed by atoms with Gasteiger partial charge in [0.05, 0.1) is 10.5 Å². The van der Waals surface area contributed by atoms with Gasteiger partial charge in [0, 0.05) is 32.1 Å². The highest BCUT2D eigenvalue weighted by Gasteiger charge is 2.57. The molecule has 0 radical (unpaired) electrons. The zero-order chi connectivity index (χ0) is 18.5. The lowest BCUT2D eigenvalue weighted by molar-refractivity contribution is -0.134. The molecule has 2 aliphatic carbocycles. The first-order valence-electron chi connectivity index (χ1n) is 9.02. The van der Waals surface area contributed by atoms with Crippen LogP contribution in [0.5, 0.6) is 0 Å². The van der Waals surface area contributed by atoms with E-state index in [1.165, 1.54) is 35.0 Å². The van der Waals surface area contributed by atoms with Crippen LogP contribution in [0, 0.1) is 17.8 Å². The number of benzene rings is 1. The molecule has 1 aromatic rings. The molecule has 2 atom stereocenters. The van der Waals surface area contributed by atoms with Crippen LogP contribution in [0.3, 0.4) is 0 Å². The molecule has 26 heavy (non-hydrogen) atoms. The highest BCUT2D eigenvalue weighted by atomic mass is 32.2. The molecular weight excluding hydrogens is 356 g/mol. The molecule has 2 saturated carbocycles. The van der Waals surface area contributed by atoms with Crippen LogP contribution in [-0.2, 0) is 14.8 Å². The van der Waals surface area contributed by atoms with Gasteiger partial charge in [-0.15, -0.1) is 0 Å². The topological polar surface area (TPSA) is 95.0 Å². The highest BCUT2D eigenvalue weighted by Crippen LogP contribution is 2.58. The quantitative estimate of drug-likeness (QED) is 0.851. The highest BCUT2D eigenvalue weighted by molar-refractivity contribution is 7.89. The normalized spacial score (nSPS) is 28.6. The van der Waals surface area contributed by atoms with Crippen molar-refractivity contribution in [1.29, 1.82) is 0 Å². The standard InChI is InChI=1S/C18H22N2O5S/c21-17(16-14-2-1-3-15(14)16)19-8-10-20(11-9-19)26(24,25)13-6-4-12(5-7-13)18(22)23/h4-7,14-16H,1-3,8-11H2,(H,22,23). The lowest BCUT2D eigenvalue weighted by Gasteiger charge is -2.34. The molecule has 0 aromatic heterocycles. The summed E-state index contributed by atoms with van der Waals surface area (Å²) in [5, 5.41) is 8.92. The Morgan fingerprint density at radius 2 is 1.54 bits per heavy atom. The van der Waals surface area contributed by atoms with Gasteiger partial charge in [0.15, 0.2) is 0 Å². The average Bonchev–Trinajstić information content (AvgIpc) is 3.12. The van der Waals surface area contributed by atoms with Crippen LogP contribution >= 0.6 is 0 Å². The van der Waals surface area contributed by atoms with Gasteiger partial charge in [-0.05, 0) is 48.9 Å². The van der Waals surface area contributed by atoms with Crippen molar-refractivity contribution in [1.82, 2.24) is 9.21 Å². The van der Waals surface area contributed by atoms with Crippen LogP contribution in [0.4, 0.5) is 0 Å². The molecule has 0 spiro atoms. The lowest BCUT2D eigenvalue weighted by atomic mass is 10.1. The van der Waals surface area contributed by atoms with Gasteiger partial charge in [0.2, 0.25) is 15.9 Å². The van der Waals surface area contributed by atoms with E-state index in [1.807, 2.05) is 4.90 Å². The summed E-state index contributed by atoms with van der Waals surface area (Å²) in [7, 11) is -3.67. The summed E-state index contributed by atoms with van der Waals surface area (Å²) in [5.74, 6) is 0.415. The summed E-state index contributed by atoms with van der Waals surface area (Å²) >= 11 is 0. The molecule has 1 amide bonds. The van der Waals surface area contributed by atoms with Gasteiger partial charge >= 0.3 is 5.97 Å². The number of carboxylic acid groups (broad SMARTS) is 1. The first kappa shape index (κ1) is 17.5. The SMILES string of the molecule is O=C(O)c1ccc(S(=O)(=O)N2CCN(C(=O)C3C4CCCC43)CC2)cc1. The van der Waals surface area contributed by atoms with Crippen LogP contribution in [0.2, 0.25) is 0 Å². The van der Waals surface area contributed by atoms with E-state index < -0.39 is 16.0 Å². The second-order valence-electron chi connectivity index (χ2n) is 7.34. The van der Waals surface area contributed by atoms with E-state index in [1.54, 1.807) is 0 Å². The van der Waals surface area contributed by atoms with E-state index in [9.17, 15) is 18.0 Å². The van der Waals surface area contributed by atoms with Crippen molar-refractivity contribution in [3.8, 4) is 0 Å². The molecule has 140 valence electrons. The van der Waals surface area contributed by atoms with Crippen molar-refractivity contribution in [2.75, 3.05) is 26.2 Å². The van der Waals surface area contributed by atoms with E-state index in [4.69, 9.17) is 5.11 Å². The van der Waals surface area contributed by atoms with Crippen molar-refractivity contribution in [2.45, 2.75) is 24.2 Å². The third-order valence-electron chi connectivity index (χ3n) is 5.98. The average molecular weight is 378 g/mol. The second-order valence-corrected chi connectivity index (χ2v) is 9.28. The number of aromatic carboxylic acids is 1. The first-order chi connectivity index (χ1) is 12.4. The van der Waals surface area contributed by atoms with Gasteiger partial charge in [0.25, 0.3) is 0 Å². The number of carboxylic acids is 1. The zero-order valence-corrected chi connectivity index (χ0v) is 15.2. The van der Waals surface area contributed by atoms with Crippen LogP contribution in [0.15, 0.2) is 29.2 Å². The predicted octanol–water partition coefficient (Wildman–Crippen LogP) is 1.26. The van der Waals surface area contributed by atoms with Crippen molar-refractivity contribution >= 4 is 21.9 Å². The van der Waals surface area contributed by atoms with E-state index in [0.717, 1.165) is 12.8 Å². The molecule has 1 aromatic carbocycles. The number of carbonyl (C=O) groups excluding carboxylic acids is 1. The van der Waals surface area contributed by atoms with Crippen molar-refractivity contribution < 1.29 is 23.1 Å². The fraction of sp³-hybridized carbons (Fsp3) is 0.556. The molecule has 8 heteroatoms. The number of rotatable bonds is 4. The summed E-state index contributed by atoms with van der Waals surface area (Å²) in [6, 6.07) is 5.23. The number of nitrogens with zero attached hydrogens (tertiary/aromatic N) is 2. The van der Waals surface area contributed by atoms with Crippen LogP contribution in [0.1, 0.15) is 29.6 Å². The molecule has 1 N–H and O–H groups in total. The third-order valence-corrected chi connectivity index (χ3v) is 7.89. The Labute approximate surface area is 152 Å². The minimum atomic E-state index is -3.67. The number of carbonyl (C=O) groups is 2. The molecule has 1 heterocycles. The van der Waals surface area contributed by atoms with E-state index in [0.29, 0.717) is 24.9 Å². The molecule has 0 bridgehead atoms. The smallest absolute Gasteiger partial charge is 0.335 e. The molecule has 7 nitrogen and oxygen atoms in total. The fourth-order valence-corrected chi connectivity index (χ4v) is 5.89. The van der Waals surface area contributed by atoms with E-state index in [2.05, 4.69) is 0 Å². The van der Waals surface area contributed by atoms with Gasteiger partial charge in [-0.2, -0.15) is 4.31 Å². The maximum atomic E-state index is 12.7. The van der Waals surface area contributed by atoms with Crippen molar-refractivity contribution in [2.24, 2.45) is 17.8 Å². The monoisotopic (exact) mass is 378 g/mol. The predicted molar refractivity (Wildman–Crippen MR) is 93.1 cm³/mol. The molecule has 1 aliphatic heterocycles. The summed E-state index contributed by atoms with van der Waals surface area (Å²) in [5.41, 5.74) is 0.0503. The Bertz CT molecular complexity index is 818. The Balaban J connectivity index is 1.39. The van der Waals surface area contributed by atoms with Crippen LogP contribution < -0.4 is 0 Å². The van der Waals surface area contributed by atoms with E-state index >= 15 is 0 Å². The van der Waals surface area contributed by atoms with Gasteiger partial charge in [-0.25, -0.2) is 13.2 Å². The molecule has 4 rings (SSSR count). The number of sulfonamides is 1. The second kappa shape index (κ2) is 6.35. The van der Waals surface area contributed by atoms with Crippen LogP contribution in [0.25, 0.3) is 0 Å². The number of fused-ring (bicyclic) bond motifs is 1. The minimum Gasteiger partial charge on any atom is -0.478 e. The summed E-state index contributed by atoms with van der Waals surface area (Å²) < 4.78 is 26.8. The van der Waals surface area contributed by atoms with Gasteiger partial charge < -0.3 is 10.0 Å². The van der Waals surface area contributed by atoms with Gasteiger partial charge in [-0.3, -0.25) is 4.79 Å².